The van der Waals surface area contributed by atoms with E-state index in [1.165, 1.54) is 321 Å². The van der Waals surface area contributed by atoms with Crippen LogP contribution in [-0.2, 0) is 0 Å². The van der Waals surface area contributed by atoms with Gasteiger partial charge in [-0.1, -0.05) is 471 Å². The molecule has 4 unspecified atom stereocenters. The molecule has 564 valence electrons. The molecule has 0 saturated heterocycles. The van der Waals surface area contributed by atoms with Crippen LogP contribution in [0.4, 0.5) is 0 Å². The Morgan fingerprint density at radius 1 is 0.163 bits per heavy atom. The van der Waals surface area contributed by atoms with Crippen LogP contribution in [0.15, 0.2) is 0 Å². The first kappa shape index (κ1) is 103. The van der Waals surface area contributed by atoms with Gasteiger partial charge in [0.1, 0.15) is 0 Å². The number of hydrogen-bond acceptors (Lipinski definition) is 0. The first-order valence-electron chi connectivity index (χ1n) is 43.1. The van der Waals surface area contributed by atoms with E-state index in [-0.39, 0.29) is 0 Å². The van der Waals surface area contributed by atoms with E-state index in [2.05, 4.69) is 208 Å². The SMILES string of the molecule is CCCCC(CC)C(C)(C)C.CCCCC(CCCC)C(C)(C)C.CCCCCCC(CCCC)C(C)(C)C.CCCCCCC(CCCC)CC(C)(C)C.CCCCCCC(CCCCCC)C(C)(C)C.CCCCCCCCC(CCCCCC)CC(C)(C)C. The molecule has 0 amide bonds. The Balaban J connectivity index is -0.000000243. The molecule has 0 saturated carbocycles. The van der Waals surface area contributed by atoms with Crippen molar-refractivity contribution in [3.63, 3.8) is 0 Å². The number of hydrogen-bond donors (Lipinski definition) is 0. The van der Waals surface area contributed by atoms with E-state index < -0.39 is 0 Å². The maximum atomic E-state index is 2.43. The Hall–Kier alpha value is 0. The summed E-state index contributed by atoms with van der Waals surface area (Å²) in [6.45, 7) is 70.7. The molecule has 0 heteroatoms. The van der Waals surface area contributed by atoms with Crippen molar-refractivity contribution in [3.05, 3.63) is 0 Å². The molecule has 0 aliphatic rings. The van der Waals surface area contributed by atoms with Gasteiger partial charge in [0.15, 0.2) is 0 Å². The monoisotopic (exact) mass is 1300 g/mol. The van der Waals surface area contributed by atoms with Gasteiger partial charge in [-0.05, 0) is 126 Å². The van der Waals surface area contributed by atoms with Crippen molar-refractivity contribution in [1.29, 1.82) is 0 Å². The quantitative estimate of drug-likeness (QED) is 0.0533. The predicted octanol–water partition coefficient (Wildman–Crippen LogP) is 35.6. The third kappa shape index (κ3) is 80.7. The van der Waals surface area contributed by atoms with Gasteiger partial charge in [0.25, 0.3) is 0 Å². The van der Waals surface area contributed by atoms with Crippen LogP contribution in [0.25, 0.3) is 0 Å². The molecule has 0 aliphatic heterocycles. The standard InChI is InChI=1S/C20H42.C17H36.C16H34.C15H32.C13H28.C11H24/c1-6-8-10-12-13-15-17-19(18-20(3,4)5)16-14-11-9-7-2;1-6-8-10-12-14-16(17(3,4)5)15-13-11-9-7-2;1-6-8-10-11-13-15(12-9-7-2)14-16(3,4)5;1-6-8-10-11-13-14(12-9-7-2)15(3,4)5;1-6-8-10-12(11-9-7-2)13(3,4)5;1-6-8-9-10(7-2)11(3,4)5/h19H,6-18H2,1-5H3;16H,6-15H2,1-5H3;15H,6-14H2,1-5H3;14H,6-13H2,1-5H3;12H,6-11H2,1-5H3;10H,6-9H2,1-5H3. The Kier molecular flexibility index (Phi) is 76.3. The molecule has 0 N–H and O–H groups in total. The predicted molar refractivity (Wildman–Crippen MR) is 437 cm³/mol. The third-order valence-electron chi connectivity index (χ3n) is 20.9. The summed E-state index contributed by atoms with van der Waals surface area (Å²) >= 11 is 0. The smallest absolute Gasteiger partial charge is 0.0354 e. The van der Waals surface area contributed by atoms with Gasteiger partial charge in [0.05, 0.1) is 0 Å². The highest BCUT2D eigenvalue weighted by Gasteiger charge is 2.26. The normalized spacial score (nSPS) is 13.6. The zero-order valence-corrected chi connectivity index (χ0v) is 71.8. The van der Waals surface area contributed by atoms with Crippen LogP contribution in [0, 0.1) is 68.0 Å². The van der Waals surface area contributed by atoms with Crippen molar-refractivity contribution in [1.82, 2.24) is 0 Å². The van der Waals surface area contributed by atoms with Crippen LogP contribution in [0.3, 0.4) is 0 Å². The first-order chi connectivity index (χ1) is 43.1. The average molecular weight is 1300 g/mol. The summed E-state index contributed by atoms with van der Waals surface area (Å²) in [4.78, 5) is 0. The Bertz CT molecular complexity index is 1320. The van der Waals surface area contributed by atoms with Crippen molar-refractivity contribution in [2.45, 2.75) is 529 Å². The van der Waals surface area contributed by atoms with Crippen LogP contribution in [0.2, 0.25) is 0 Å². The summed E-state index contributed by atoms with van der Waals surface area (Å²) in [6.07, 6.45) is 71.0. The lowest BCUT2D eigenvalue weighted by Gasteiger charge is -2.31. The zero-order valence-electron chi connectivity index (χ0n) is 71.8. The van der Waals surface area contributed by atoms with E-state index in [9.17, 15) is 0 Å². The minimum absolute atomic E-state index is 0.512. The van der Waals surface area contributed by atoms with E-state index in [0.29, 0.717) is 32.5 Å². The van der Waals surface area contributed by atoms with Gasteiger partial charge >= 0.3 is 0 Å². The maximum Gasteiger partial charge on any atom is -0.0354 e. The van der Waals surface area contributed by atoms with Gasteiger partial charge in [-0.25, -0.2) is 0 Å². The molecule has 0 aromatic rings. The molecule has 0 spiro atoms. The molecule has 0 radical (unpaired) electrons. The van der Waals surface area contributed by atoms with E-state index in [1.54, 1.807) is 0 Å². The van der Waals surface area contributed by atoms with Gasteiger partial charge in [0.2, 0.25) is 0 Å². The molecule has 4 atom stereocenters. The van der Waals surface area contributed by atoms with Crippen LogP contribution in [-0.4, -0.2) is 0 Å². The molecular weight excluding hydrogens is 1110 g/mol. The lowest BCUT2D eigenvalue weighted by molar-refractivity contribution is 0.201. The molecular formula is C92H196. The molecule has 0 heterocycles. The topological polar surface area (TPSA) is 0 Å². The summed E-state index contributed by atoms with van der Waals surface area (Å²) in [6, 6.07) is 0. The molecule has 0 aromatic carbocycles. The molecule has 92 heavy (non-hydrogen) atoms. The third-order valence-corrected chi connectivity index (χ3v) is 20.9. The van der Waals surface area contributed by atoms with E-state index in [0.717, 1.165) is 35.5 Å². The second-order valence-electron chi connectivity index (χ2n) is 37.4. The van der Waals surface area contributed by atoms with Crippen molar-refractivity contribution >= 4 is 0 Å². The molecule has 0 fully saturated rings. The van der Waals surface area contributed by atoms with Gasteiger partial charge in [-0.15, -0.1) is 0 Å². The Morgan fingerprint density at radius 3 is 0.511 bits per heavy atom. The van der Waals surface area contributed by atoms with E-state index in [1.807, 2.05) is 0 Å². The minimum Gasteiger partial charge on any atom is -0.0654 e. The minimum atomic E-state index is 0.512. The summed E-state index contributed by atoms with van der Waals surface area (Å²) in [5, 5.41) is 0. The first-order valence-corrected chi connectivity index (χ1v) is 43.1. The molecule has 0 rings (SSSR count). The van der Waals surface area contributed by atoms with E-state index >= 15 is 0 Å². The fourth-order valence-electron chi connectivity index (χ4n) is 14.4. The van der Waals surface area contributed by atoms with Gasteiger partial charge in [-0.3, -0.25) is 0 Å². The Labute approximate surface area is 593 Å². The number of rotatable bonds is 50. The summed E-state index contributed by atoms with van der Waals surface area (Å²) in [5.41, 5.74) is 3.09. The van der Waals surface area contributed by atoms with Crippen molar-refractivity contribution in [3.8, 4) is 0 Å². The highest BCUT2D eigenvalue weighted by Crippen LogP contribution is 2.38. The Morgan fingerprint density at radius 2 is 0.315 bits per heavy atom. The molecule has 0 nitrogen and oxygen atoms in total. The molecule has 0 bridgehead atoms. The van der Waals surface area contributed by atoms with Gasteiger partial charge in [0, 0.05) is 0 Å². The second-order valence-corrected chi connectivity index (χ2v) is 37.4. The molecule has 0 aliphatic carbocycles. The highest BCUT2D eigenvalue weighted by molar-refractivity contribution is 4.78. The summed E-state index contributed by atoms with van der Waals surface area (Å²) < 4.78 is 0. The van der Waals surface area contributed by atoms with Crippen LogP contribution in [0.1, 0.15) is 529 Å². The van der Waals surface area contributed by atoms with Gasteiger partial charge < -0.3 is 0 Å². The maximum absolute atomic E-state index is 2.43. The number of unbranched alkanes of at least 4 members (excludes halogenated alkanes) is 25. The lowest BCUT2D eigenvalue weighted by Crippen LogP contribution is -2.20. The van der Waals surface area contributed by atoms with Crippen molar-refractivity contribution < 1.29 is 0 Å². The summed E-state index contributed by atoms with van der Waals surface area (Å²) in [7, 11) is 0. The molecule has 0 aromatic heterocycles. The van der Waals surface area contributed by atoms with Crippen LogP contribution >= 0.6 is 0 Å². The average Bonchev–Trinajstić information content (AvgIpc) is 1.31. The van der Waals surface area contributed by atoms with Crippen LogP contribution < -0.4 is 0 Å². The fourth-order valence-corrected chi connectivity index (χ4v) is 14.4. The highest BCUT2D eigenvalue weighted by atomic mass is 14.3. The zero-order chi connectivity index (χ0) is 71.8. The fraction of sp³-hybridized carbons (Fsp3) is 1.00. The van der Waals surface area contributed by atoms with E-state index in [4.69, 9.17) is 0 Å². The van der Waals surface area contributed by atoms with Crippen molar-refractivity contribution in [2.24, 2.45) is 68.0 Å². The second kappa shape index (κ2) is 68.1. The van der Waals surface area contributed by atoms with Crippen molar-refractivity contribution in [2.75, 3.05) is 0 Å². The van der Waals surface area contributed by atoms with Gasteiger partial charge in [-0.2, -0.15) is 0 Å². The van der Waals surface area contributed by atoms with Crippen LogP contribution in [0.5, 0.6) is 0 Å². The lowest BCUT2D eigenvalue weighted by atomic mass is 9.75. The largest absolute Gasteiger partial charge is 0.0654 e. The summed E-state index contributed by atoms with van der Waals surface area (Å²) in [5.74, 6) is 5.70.